The summed E-state index contributed by atoms with van der Waals surface area (Å²) < 4.78 is 0.861. The molecule has 0 bridgehead atoms. The van der Waals surface area contributed by atoms with E-state index in [2.05, 4.69) is 28.2 Å². The van der Waals surface area contributed by atoms with Crippen molar-refractivity contribution in [3.8, 4) is 0 Å². The molecule has 0 fully saturated rings. The molecule has 25 valence electrons. The summed E-state index contributed by atoms with van der Waals surface area (Å²) in [4.78, 5) is 0. The van der Waals surface area contributed by atoms with Crippen LogP contribution < -0.4 is 0 Å². The number of thiol groups is 1. The predicted molar refractivity (Wildman–Crippen MR) is 19.7 cm³/mol. The number of hydrogen-bond acceptors (Lipinski definition) is 1. The van der Waals surface area contributed by atoms with Crippen LogP contribution in [0.3, 0.4) is 0 Å². The van der Waals surface area contributed by atoms with E-state index in [4.69, 9.17) is 0 Å². The number of rotatable bonds is 0. The fourth-order valence-electron chi connectivity index (χ4n) is 0. The van der Waals surface area contributed by atoms with Crippen molar-refractivity contribution in [3.05, 3.63) is 0 Å². The van der Waals surface area contributed by atoms with Gasteiger partial charge in [-0.15, -0.1) is 0 Å². The standard InChI is InChI=1S/C2H4S.Fe/c1-2-3;/h3H,1H3;/q;+1. The van der Waals surface area contributed by atoms with Crippen molar-refractivity contribution < 1.29 is 15.6 Å². The maximum absolute atomic E-state index is 3.77. The minimum atomic E-state index is 0.861. The van der Waals surface area contributed by atoms with E-state index in [1.807, 2.05) is 6.92 Å². The van der Waals surface area contributed by atoms with Crippen molar-refractivity contribution in [1.29, 1.82) is 0 Å². The molecule has 0 saturated carbocycles. The van der Waals surface area contributed by atoms with E-state index in [-0.39, 0.29) is 0 Å². The van der Waals surface area contributed by atoms with Gasteiger partial charge in [0.1, 0.15) is 0 Å². The quantitative estimate of drug-likeness (QED) is 0.348. The van der Waals surface area contributed by atoms with Crippen molar-refractivity contribution in [3.63, 3.8) is 0 Å². The van der Waals surface area contributed by atoms with Gasteiger partial charge in [0.25, 0.3) is 0 Å². The Balaban J connectivity index is 2.80. The van der Waals surface area contributed by atoms with E-state index in [1.54, 1.807) is 0 Å². The fourth-order valence-corrected chi connectivity index (χ4v) is 0. The van der Waals surface area contributed by atoms with Gasteiger partial charge in [0.15, 0.2) is 0 Å². The van der Waals surface area contributed by atoms with E-state index in [0.29, 0.717) is 0 Å². The molecule has 0 aliphatic rings. The molecule has 0 saturated heterocycles. The molecule has 0 radical (unpaired) electrons. The third kappa shape index (κ3) is 15.2. The Morgan fingerprint density at radius 1 is 2.00 bits per heavy atom. The summed E-state index contributed by atoms with van der Waals surface area (Å²) >= 11 is 7.19. The maximum atomic E-state index is 3.77. The van der Waals surface area contributed by atoms with Gasteiger partial charge < -0.3 is 0 Å². The zero-order valence-electron chi connectivity index (χ0n) is 2.30. The summed E-state index contributed by atoms with van der Waals surface area (Å²) in [5, 5.41) is 0. The van der Waals surface area contributed by atoms with Crippen LogP contribution in [0.4, 0.5) is 0 Å². The van der Waals surface area contributed by atoms with Crippen LogP contribution in [0.5, 0.6) is 0 Å². The van der Waals surface area contributed by atoms with E-state index in [1.165, 1.54) is 0 Å². The summed E-state index contributed by atoms with van der Waals surface area (Å²) in [6.07, 6.45) is 0. The SMILES string of the molecule is C[C](S)=[Fe+]. The average molecular weight is 116 g/mol. The van der Waals surface area contributed by atoms with Gasteiger partial charge in [-0.3, -0.25) is 0 Å². The first-order chi connectivity index (χ1) is 1.73. The average Bonchev–Trinajstić information content (AvgIpc) is 0.811. The molecule has 0 aliphatic carbocycles. The van der Waals surface area contributed by atoms with Gasteiger partial charge in [-0.1, -0.05) is 0 Å². The minimum absolute atomic E-state index is 0.861. The fraction of sp³-hybridized carbons (Fsp3) is 0.500. The normalized spacial score (nSPS) is 6.50. The van der Waals surface area contributed by atoms with Crippen LogP contribution in [-0.4, -0.2) is 3.75 Å². The van der Waals surface area contributed by atoms with Crippen LogP contribution >= 0.6 is 12.6 Å². The molecule has 0 spiro atoms. The van der Waals surface area contributed by atoms with Crippen LogP contribution in [0, 0.1) is 0 Å². The van der Waals surface area contributed by atoms with E-state index < -0.39 is 0 Å². The van der Waals surface area contributed by atoms with E-state index in [0.717, 1.165) is 3.75 Å². The van der Waals surface area contributed by atoms with Crippen LogP contribution in [0.15, 0.2) is 0 Å². The molecule has 0 atom stereocenters. The van der Waals surface area contributed by atoms with Crippen molar-refractivity contribution in [2.45, 2.75) is 6.92 Å². The first kappa shape index (κ1) is 4.74. The zero-order valence-corrected chi connectivity index (χ0v) is 4.30. The van der Waals surface area contributed by atoms with E-state index in [9.17, 15) is 0 Å². The molecule has 0 aromatic rings. The second-order valence-electron chi connectivity index (χ2n) is 0.479. The second kappa shape index (κ2) is 2.01. The van der Waals surface area contributed by atoms with Gasteiger partial charge in [0, 0.05) is 0 Å². The molecule has 0 unspecified atom stereocenters. The van der Waals surface area contributed by atoms with Crippen LogP contribution in [-0.2, 0) is 15.6 Å². The summed E-state index contributed by atoms with van der Waals surface area (Å²) in [7, 11) is 0. The third-order valence-corrected chi connectivity index (χ3v) is 0. The molecule has 0 heterocycles. The molecule has 2 heteroatoms. The summed E-state index contributed by atoms with van der Waals surface area (Å²) in [6.45, 7) is 1.84. The van der Waals surface area contributed by atoms with Crippen molar-refractivity contribution >= 4 is 16.4 Å². The Bertz CT molecular complexity index is 29.0. The summed E-state index contributed by atoms with van der Waals surface area (Å²) in [6, 6.07) is 0. The van der Waals surface area contributed by atoms with Gasteiger partial charge in [-0.25, -0.2) is 0 Å². The van der Waals surface area contributed by atoms with Crippen LogP contribution in [0.2, 0.25) is 0 Å². The number of hydrogen-bond donors (Lipinski definition) is 1. The van der Waals surface area contributed by atoms with Gasteiger partial charge in [-0.05, 0) is 0 Å². The Morgan fingerprint density at radius 3 is 2.00 bits per heavy atom. The summed E-state index contributed by atoms with van der Waals surface area (Å²) in [5.74, 6) is 0. The monoisotopic (exact) mass is 116 g/mol. The molecule has 0 nitrogen and oxygen atoms in total. The van der Waals surface area contributed by atoms with Gasteiger partial charge in [0.05, 0.1) is 0 Å². The van der Waals surface area contributed by atoms with Crippen LogP contribution in [0.25, 0.3) is 0 Å². The predicted octanol–water partition coefficient (Wildman–Crippen LogP) is 0.613. The van der Waals surface area contributed by atoms with Gasteiger partial charge in [-0.2, -0.15) is 0 Å². The molecule has 0 aliphatic heterocycles. The second-order valence-corrected chi connectivity index (χ2v) is 2.38. The first-order valence-electron chi connectivity index (χ1n) is 0.900. The topological polar surface area (TPSA) is 0 Å². The van der Waals surface area contributed by atoms with Crippen molar-refractivity contribution in [1.82, 2.24) is 0 Å². The molecule has 0 rings (SSSR count). The van der Waals surface area contributed by atoms with E-state index >= 15 is 0 Å². The molecule has 4 heavy (non-hydrogen) atoms. The van der Waals surface area contributed by atoms with Crippen LogP contribution in [0.1, 0.15) is 6.92 Å². The Morgan fingerprint density at radius 2 is 2.00 bits per heavy atom. The van der Waals surface area contributed by atoms with Crippen molar-refractivity contribution in [2.75, 3.05) is 0 Å². The molecular formula is C2H4FeS+. The molecule has 0 N–H and O–H groups in total. The van der Waals surface area contributed by atoms with Crippen molar-refractivity contribution in [2.24, 2.45) is 0 Å². The molecule has 0 aromatic heterocycles. The van der Waals surface area contributed by atoms with Gasteiger partial charge >= 0.3 is 38.9 Å². The molecule has 0 amide bonds. The molecular weight excluding hydrogens is 112 g/mol. The Hall–Kier alpha value is 0.739. The van der Waals surface area contributed by atoms with Gasteiger partial charge in [0.2, 0.25) is 0 Å². The zero-order chi connectivity index (χ0) is 3.58. The Kier molecular flexibility index (Phi) is 2.38. The summed E-state index contributed by atoms with van der Waals surface area (Å²) in [5.41, 5.74) is 0. The third-order valence-electron chi connectivity index (χ3n) is 0. The molecule has 0 aromatic carbocycles. The Labute approximate surface area is 39.4 Å². The first-order valence-corrected chi connectivity index (χ1v) is 1.90.